The van der Waals surface area contributed by atoms with E-state index in [4.69, 9.17) is 24.4 Å². The van der Waals surface area contributed by atoms with Crippen molar-refractivity contribution >= 4 is 77.4 Å². The van der Waals surface area contributed by atoms with Gasteiger partial charge < -0.3 is 18.6 Å². The molecule has 0 radical (unpaired) electrons. The van der Waals surface area contributed by atoms with Gasteiger partial charge in [-0.1, -0.05) is 158 Å². The first-order valence-electron chi connectivity index (χ1n) is 25.5. The van der Waals surface area contributed by atoms with E-state index in [0.29, 0.717) is 28.7 Å². The summed E-state index contributed by atoms with van der Waals surface area (Å²) in [6.45, 7) is 0.246. The largest absolute Gasteiger partial charge is 0.457 e. The molecule has 14 rings (SSSR count). The molecular formula is C67H44N6O4. The molecule has 0 spiro atoms. The van der Waals surface area contributed by atoms with Crippen LogP contribution in [0.1, 0.15) is 31.8 Å². The summed E-state index contributed by atoms with van der Waals surface area (Å²) >= 11 is 0. The maximum absolute atomic E-state index is 13.8. The number of ether oxygens (including phenoxy) is 2. The van der Waals surface area contributed by atoms with Gasteiger partial charge >= 0.3 is 11.9 Å². The highest BCUT2D eigenvalue weighted by Gasteiger charge is 2.25. The van der Waals surface area contributed by atoms with Gasteiger partial charge in [-0.25, -0.2) is 14.6 Å². The number of carbonyl (C=O) groups is 2. The van der Waals surface area contributed by atoms with Crippen LogP contribution in [0, 0.1) is 0 Å². The van der Waals surface area contributed by atoms with Gasteiger partial charge in [0.15, 0.2) is 11.6 Å². The lowest BCUT2D eigenvalue weighted by Gasteiger charge is -2.17. The van der Waals surface area contributed by atoms with Crippen LogP contribution in [-0.4, -0.2) is 40.6 Å². The zero-order valence-electron chi connectivity index (χ0n) is 41.3. The van der Waals surface area contributed by atoms with Gasteiger partial charge in [0, 0.05) is 43.4 Å². The van der Waals surface area contributed by atoms with E-state index in [1.807, 2.05) is 127 Å². The van der Waals surface area contributed by atoms with Crippen LogP contribution in [-0.2, 0) is 22.7 Å². The first-order valence-corrected chi connectivity index (χ1v) is 25.5. The summed E-state index contributed by atoms with van der Waals surface area (Å²) in [5.41, 5.74) is 11.4. The van der Waals surface area contributed by atoms with E-state index in [1.54, 1.807) is 12.1 Å². The molecule has 0 aliphatic rings. The molecular weight excluding hydrogens is 953 g/mol. The third-order valence-corrected chi connectivity index (χ3v) is 14.4. The van der Waals surface area contributed by atoms with Crippen molar-refractivity contribution in [2.24, 2.45) is 0 Å². The van der Waals surface area contributed by atoms with Crippen LogP contribution in [0.25, 0.3) is 106 Å². The molecule has 0 fully saturated rings. The highest BCUT2D eigenvalue weighted by atomic mass is 16.5. The van der Waals surface area contributed by atoms with E-state index in [1.165, 1.54) is 0 Å². The van der Waals surface area contributed by atoms with E-state index < -0.39 is 11.9 Å². The molecule has 14 aromatic rings. The van der Waals surface area contributed by atoms with Crippen molar-refractivity contribution in [3.8, 4) is 40.1 Å². The number of esters is 2. The minimum Gasteiger partial charge on any atom is -0.457 e. The first-order chi connectivity index (χ1) is 38.0. The van der Waals surface area contributed by atoms with Crippen molar-refractivity contribution < 1.29 is 19.1 Å². The van der Waals surface area contributed by atoms with Crippen molar-refractivity contribution in [1.29, 1.82) is 0 Å². The van der Waals surface area contributed by atoms with Gasteiger partial charge in [0.05, 0.1) is 55.6 Å². The minimum absolute atomic E-state index is 0.123. The van der Waals surface area contributed by atoms with Gasteiger partial charge in [-0.05, 0) is 96.1 Å². The summed E-state index contributed by atoms with van der Waals surface area (Å²) in [6.07, 6.45) is 0. The molecule has 0 amide bonds. The number of hydrogen-bond donors (Lipinski definition) is 0. The van der Waals surface area contributed by atoms with E-state index in [2.05, 4.69) is 117 Å². The first kappa shape index (κ1) is 45.2. The summed E-state index contributed by atoms with van der Waals surface area (Å²) in [6, 6.07) is 80.3. The van der Waals surface area contributed by atoms with Gasteiger partial charge in [-0.15, -0.1) is 0 Å². The van der Waals surface area contributed by atoms with Crippen LogP contribution in [0.5, 0.6) is 0 Å². The lowest BCUT2D eigenvalue weighted by molar-refractivity contribution is 0.0464. The Hall–Kier alpha value is -10.5. The van der Waals surface area contributed by atoms with Crippen LogP contribution in [0.2, 0.25) is 0 Å². The molecule has 0 N–H and O–H groups in total. The topological polar surface area (TPSA) is 106 Å². The molecule has 0 saturated heterocycles. The minimum atomic E-state index is -0.466. The number of rotatable bonds is 11. The van der Waals surface area contributed by atoms with Gasteiger partial charge in [0.1, 0.15) is 13.2 Å². The molecule has 0 saturated carbocycles. The molecule has 10 nitrogen and oxygen atoms in total. The van der Waals surface area contributed by atoms with Gasteiger partial charge in [-0.2, -0.15) is 9.97 Å². The second-order valence-corrected chi connectivity index (χ2v) is 19.0. The maximum atomic E-state index is 13.8. The standard InChI is InChI=1S/C67H44N6O4/c74-65(76-41-43-19-3-1-4-20-43)45-35-37-61-53(39-45)54-40-46(66(75)77-42-44-21-5-2-6-22-44)36-38-62(54)72(61)60-34-18-12-28-52(60)64-68-63(69-67(70-64)73-57-31-15-9-25-49(57)50-26-10-16-32-58(50)73)51-27-11-17-33-59(51)71-55-29-13-7-23-47(55)48-24-8-14-30-56(48)71/h1-40H,41-42H2. The number of para-hydroxylation sites is 6. The van der Waals surface area contributed by atoms with Gasteiger partial charge in [0.25, 0.3) is 0 Å². The summed E-state index contributed by atoms with van der Waals surface area (Å²) in [5, 5.41) is 5.93. The Morgan fingerprint density at radius 3 is 1.08 bits per heavy atom. The quantitative estimate of drug-likeness (QED) is 0.119. The van der Waals surface area contributed by atoms with Crippen molar-refractivity contribution in [2.45, 2.75) is 13.2 Å². The van der Waals surface area contributed by atoms with E-state index in [0.717, 1.165) is 99.0 Å². The fraction of sp³-hybridized carbons (Fsp3) is 0.0299. The van der Waals surface area contributed by atoms with Crippen LogP contribution in [0.15, 0.2) is 243 Å². The fourth-order valence-electron chi connectivity index (χ4n) is 10.9. The SMILES string of the molecule is O=C(OCc1ccccc1)c1ccc2c(c1)c1cc(C(=O)OCc3ccccc3)ccc1n2-c1ccccc1-c1nc(-c2ccccc2-n2c3ccccc3c3ccccc32)nc(-n2c3ccccc3c3ccccc32)n1. The Morgan fingerprint density at radius 1 is 0.325 bits per heavy atom. The molecule has 0 atom stereocenters. The molecule has 4 aromatic heterocycles. The fourth-order valence-corrected chi connectivity index (χ4v) is 10.9. The smallest absolute Gasteiger partial charge is 0.338 e. The van der Waals surface area contributed by atoms with Crippen molar-refractivity contribution in [2.75, 3.05) is 0 Å². The molecule has 10 aromatic carbocycles. The number of fused-ring (bicyclic) bond motifs is 9. The number of benzene rings is 10. The number of aromatic nitrogens is 6. The molecule has 77 heavy (non-hydrogen) atoms. The van der Waals surface area contributed by atoms with Crippen molar-refractivity contribution in [1.82, 2.24) is 28.7 Å². The highest BCUT2D eigenvalue weighted by Crippen LogP contribution is 2.40. The predicted molar refractivity (Wildman–Crippen MR) is 305 cm³/mol. The average molecular weight is 997 g/mol. The molecule has 0 unspecified atom stereocenters. The second kappa shape index (κ2) is 18.8. The van der Waals surface area contributed by atoms with Crippen molar-refractivity contribution in [3.63, 3.8) is 0 Å². The van der Waals surface area contributed by atoms with Crippen LogP contribution in [0.3, 0.4) is 0 Å². The van der Waals surface area contributed by atoms with Crippen LogP contribution in [0.4, 0.5) is 0 Å². The lowest BCUT2D eigenvalue weighted by atomic mass is 10.1. The molecule has 366 valence electrons. The van der Waals surface area contributed by atoms with Crippen LogP contribution >= 0.6 is 0 Å². The van der Waals surface area contributed by atoms with E-state index >= 15 is 0 Å². The monoisotopic (exact) mass is 996 g/mol. The Balaban J connectivity index is 0.981. The number of nitrogens with zero attached hydrogens (tertiary/aromatic N) is 6. The Labute approximate surface area is 441 Å². The third kappa shape index (κ3) is 7.86. The van der Waals surface area contributed by atoms with Gasteiger partial charge in [-0.3, -0.25) is 4.57 Å². The molecule has 0 aliphatic carbocycles. The van der Waals surface area contributed by atoms with E-state index in [9.17, 15) is 9.59 Å². The third-order valence-electron chi connectivity index (χ3n) is 14.4. The maximum Gasteiger partial charge on any atom is 0.338 e. The highest BCUT2D eigenvalue weighted by molar-refractivity contribution is 6.14. The van der Waals surface area contributed by atoms with Gasteiger partial charge in [0.2, 0.25) is 5.95 Å². The zero-order valence-corrected chi connectivity index (χ0v) is 41.3. The summed E-state index contributed by atoms with van der Waals surface area (Å²) < 4.78 is 18.3. The summed E-state index contributed by atoms with van der Waals surface area (Å²) in [4.78, 5) is 44.1. The Morgan fingerprint density at radius 2 is 0.662 bits per heavy atom. The zero-order chi connectivity index (χ0) is 51.4. The summed E-state index contributed by atoms with van der Waals surface area (Å²) in [7, 11) is 0. The summed E-state index contributed by atoms with van der Waals surface area (Å²) in [5.74, 6) is 0.447. The molecule has 10 heteroatoms. The second-order valence-electron chi connectivity index (χ2n) is 19.0. The Bertz CT molecular complexity index is 4420. The molecule has 0 bridgehead atoms. The predicted octanol–water partition coefficient (Wildman–Crippen LogP) is 15.2. The van der Waals surface area contributed by atoms with E-state index in [-0.39, 0.29) is 13.2 Å². The molecule has 4 heterocycles. The Kier molecular flexibility index (Phi) is 11.0. The number of hydrogen-bond acceptors (Lipinski definition) is 7. The lowest BCUT2D eigenvalue weighted by Crippen LogP contribution is -2.09. The molecule has 0 aliphatic heterocycles. The van der Waals surface area contributed by atoms with Crippen LogP contribution < -0.4 is 0 Å². The number of carbonyl (C=O) groups excluding carboxylic acids is 2. The average Bonchev–Trinajstić information content (AvgIpc) is 4.28. The van der Waals surface area contributed by atoms with Crippen molar-refractivity contribution in [3.05, 3.63) is 265 Å². The normalized spacial score (nSPS) is 11.6.